The molecule has 0 aliphatic carbocycles. The van der Waals surface area contributed by atoms with Gasteiger partial charge in [-0.15, -0.1) is 24.8 Å². The second-order valence-electron chi connectivity index (χ2n) is 6.81. The van der Waals surface area contributed by atoms with Gasteiger partial charge in [0.15, 0.2) is 0 Å². The Hall–Kier alpha value is -1.63. The highest BCUT2D eigenvalue weighted by atomic mass is 35.5. The molecule has 1 aliphatic rings. The second kappa shape index (κ2) is 10.6. The lowest BCUT2D eigenvalue weighted by Crippen LogP contribution is -2.32. The zero-order chi connectivity index (χ0) is 17.8. The topological polar surface area (TPSA) is 50.2 Å². The molecule has 0 saturated carbocycles. The number of rotatable bonds is 6. The Labute approximate surface area is 172 Å². The minimum Gasteiger partial charge on any atom is -0.334 e. The number of benzene rings is 1. The predicted molar refractivity (Wildman–Crippen MR) is 109 cm³/mol. The van der Waals surface area contributed by atoms with Gasteiger partial charge in [0.05, 0.1) is 12.2 Å². The quantitative estimate of drug-likeness (QED) is 0.785. The fourth-order valence-electron chi connectivity index (χ4n) is 3.51. The fraction of sp³-hybridized carbons (Fsp3) is 0.474. The summed E-state index contributed by atoms with van der Waals surface area (Å²) in [6.07, 6.45) is 6.14. The molecule has 0 radical (unpaired) electrons. The molecule has 150 valence electrons. The van der Waals surface area contributed by atoms with E-state index in [1.54, 1.807) is 28.9 Å². The maximum atomic E-state index is 13.7. The van der Waals surface area contributed by atoms with Crippen molar-refractivity contribution in [1.29, 1.82) is 0 Å². The number of nitrogens with zero attached hydrogens (tertiary/aromatic N) is 3. The van der Waals surface area contributed by atoms with Gasteiger partial charge in [0.1, 0.15) is 5.82 Å². The first-order chi connectivity index (χ1) is 12.0. The number of carbonyl (C=O) groups excluding carboxylic acids is 1. The van der Waals surface area contributed by atoms with E-state index in [4.69, 9.17) is 0 Å². The summed E-state index contributed by atoms with van der Waals surface area (Å²) in [5, 5.41) is 7.54. The molecule has 1 aliphatic heterocycles. The first-order valence-electron chi connectivity index (χ1n) is 8.75. The number of amides is 1. The number of halogens is 3. The number of carbonyl (C=O) groups is 1. The minimum atomic E-state index is -0.335. The number of aryl methyl sites for hydroxylation is 1. The van der Waals surface area contributed by atoms with Gasteiger partial charge in [0.25, 0.3) is 0 Å². The van der Waals surface area contributed by atoms with Crippen LogP contribution in [0.5, 0.6) is 0 Å². The van der Waals surface area contributed by atoms with Crippen molar-refractivity contribution < 1.29 is 9.18 Å². The number of nitrogens with one attached hydrogen (secondary N) is 1. The summed E-state index contributed by atoms with van der Waals surface area (Å²) < 4.78 is 15.4. The summed E-state index contributed by atoms with van der Waals surface area (Å²) in [5.74, 6) is 0.345. The van der Waals surface area contributed by atoms with Crippen molar-refractivity contribution in [2.45, 2.75) is 25.3 Å². The SMILES string of the molecule is CN(C(=O)CCC1CCNC1)C(c1cccc(F)c1)c1cnn(C)c1.Cl.Cl. The van der Waals surface area contributed by atoms with Crippen molar-refractivity contribution in [3.05, 3.63) is 53.6 Å². The van der Waals surface area contributed by atoms with Crippen LogP contribution in [-0.4, -0.2) is 40.7 Å². The summed E-state index contributed by atoms with van der Waals surface area (Å²) in [6.45, 7) is 2.03. The third-order valence-electron chi connectivity index (χ3n) is 4.91. The van der Waals surface area contributed by atoms with E-state index in [1.807, 2.05) is 19.3 Å². The largest absolute Gasteiger partial charge is 0.334 e. The van der Waals surface area contributed by atoms with E-state index in [2.05, 4.69) is 10.4 Å². The molecule has 5 nitrogen and oxygen atoms in total. The van der Waals surface area contributed by atoms with Crippen LogP contribution < -0.4 is 5.32 Å². The summed E-state index contributed by atoms with van der Waals surface area (Å²) in [6, 6.07) is 6.10. The van der Waals surface area contributed by atoms with Gasteiger partial charge in [-0.25, -0.2) is 4.39 Å². The molecule has 1 aromatic carbocycles. The summed E-state index contributed by atoms with van der Waals surface area (Å²) in [5.41, 5.74) is 1.64. The standard InChI is InChI=1S/C19H25FN4O.2ClH/c1-23-13-16(12-22-23)19(15-4-3-5-17(20)10-15)24(2)18(25)7-6-14-8-9-21-11-14;;/h3-5,10,12-14,19,21H,6-9,11H2,1-2H3;2*1H. The Morgan fingerprint density at radius 3 is 2.78 bits per heavy atom. The van der Waals surface area contributed by atoms with Crippen molar-refractivity contribution in [3.63, 3.8) is 0 Å². The maximum absolute atomic E-state index is 13.7. The van der Waals surface area contributed by atoms with Crippen LogP contribution in [0.1, 0.15) is 36.4 Å². The van der Waals surface area contributed by atoms with Crippen LogP contribution in [-0.2, 0) is 11.8 Å². The van der Waals surface area contributed by atoms with E-state index < -0.39 is 0 Å². The molecule has 1 fully saturated rings. The minimum absolute atomic E-state index is 0. The highest BCUT2D eigenvalue weighted by Gasteiger charge is 2.26. The Bertz CT molecular complexity index is 734. The maximum Gasteiger partial charge on any atom is 0.223 e. The third-order valence-corrected chi connectivity index (χ3v) is 4.91. The average molecular weight is 417 g/mol. The molecule has 0 spiro atoms. The predicted octanol–water partition coefficient (Wildman–Crippen LogP) is 3.34. The van der Waals surface area contributed by atoms with Crippen LogP contribution in [0.2, 0.25) is 0 Å². The van der Waals surface area contributed by atoms with Crippen LogP contribution in [0.25, 0.3) is 0 Å². The molecule has 8 heteroatoms. The second-order valence-corrected chi connectivity index (χ2v) is 6.81. The highest BCUT2D eigenvalue weighted by molar-refractivity contribution is 5.85. The van der Waals surface area contributed by atoms with Crippen molar-refractivity contribution >= 4 is 30.7 Å². The fourth-order valence-corrected chi connectivity index (χ4v) is 3.51. The monoisotopic (exact) mass is 416 g/mol. The van der Waals surface area contributed by atoms with Crippen LogP contribution in [0.4, 0.5) is 4.39 Å². The molecule has 2 heterocycles. The molecule has 2 atom stereocenters. The van der Waals surface area contributed by atoms with Crippen molar-refractivity contribution in [2.75, 3.05) is 20.1 Å². The Kier molecular flexibility index (Phi) is 9.22. The van der Waals surface area contributed by atoms with Crippen molar-refractivity contribution in [1.82, 2.24) is 20.0 Å². The summed E-state index contributed by atoms with van der Waals surface area (Å²) >= 11 is 0. The number of hydrogen-bond donors (Lipinski definition) is 1. The van der Waals surface area contributed by atoms with Gasteiger partial charge in [0, 0.05) is 32.3 Å². The van der Waals surface area contributed by atoms with E-state index in [1.165, 1.54) is 12.1 Å². The zero-order valence-corrected chi connectivity index (χ0v) is 17.2. The Morgan fingerprint density at radius 1 is 1.41 bits per heavy atom. The number of aromatic nitrogens is 2. The molecular weight excluding hydrogens is 390 g/mol. The Balaban J connectivity index is 0.00000182. The van der Waals surface area contributed by atoms with Crippen LogP contribution in [0.15, 0.2) is 36.7 Å². The zero-order valence-electron chi connectivity index (χ0n) is 15.6. The van der Waals surface area contributed by atoms with Crippen LogP contribution in [0, 0.1) is 11.7 Å². The lowest BCUT2D eigenvalue weighted by molar-refractivity contribution is -0.131. The van der Waals surface area contributed by atoms with Gasteiger partial charge in [0.2, 0.25) is 5.91 Å². The van der Waals surface area contributed by atoms with Crippen LogP contribution >= 0.6 is 24.8 Å². The highest BCUT2D eigenvalue weighted by Crippen LogP contribution is 2.29. The number of hydrogen-bond acceptors (Lipinski definition) is 3. The smallest absolute Gasteiger partial charge is 0.223 e. The van der Waals surface area contributed by atoms with E-state index >= 15 is 0 Å². The molecular formula is C19H27Cl2FN4O. The van der Waals surface area contributed by atoms with Gasteiger partial charge in [-0.1, -0.05) is 12.1 Å². The lowest BCUT2D eigenvalue weighted by Gasteiger charge is -2.28. The van der Waals surface area contributed by atoms with Gasteiger partial charge < -0.3 is 10.2 Å². The van der Waals surface area contributed by atoms with E-state index in [0.29, 0.717) is 12.3 Å². The first-order valence-corrected chi connectivity index (χ1v) is 8.75. The molecule has 2 aromatic rings. The van der Waals surface area contributed by atoms with Gasteiger partial charge in [-0.2, -0.15) is 5.10 Å². The molecule has 1 saturated heterocycles. The molecule has 1 N–H and O–H groups in total. The first kappa shape index (κ1) is 23.4. The normalized spacial score (nSPS) is 16.9. The van der Waals surface area contributed by atoms with Gasteiger partial charge in [-0.3, -0.25) is 9.48 Å². The summed E-state index contributed by atoms with van der Waals surface area (Å²) in [7, 11) is 3.62. The van der Waals surface area contributed by atoms with E-state index in [-0.39, 0.29) is 42.6 Å². The van der Waals surface area contributed by atoms with Gasteiger partial charge >= 0.3 is 0 Å². The molecule has 27 heavy (non-hydrogen) atoms. The molecule has 1 aromatic heterocycles. The summed E-state index contributed by atoms with van der Waals surface area (Å²) in [4.78, 5) is 14.5. The van der Waals surface area contributed by atoms with Gasteiger partial charge in [-0.05, 0) is 49.5 Å². The Morgan fingerprint density at radius 2 is 2.19 bits per heavy atom. The van der Waals surface area contributed by atoms with Crippen LogP contribution in [0.3, 0.4) is 0 Å². The van der Waals surface area contributed by atoms with Crippen molar-refractivity contribution in [3.8, 4) is 0 Å². The lowest BCUT2D eigenvalue weighted by atomic mass is 9.98. The molecule has 3 rings (SSSR count). The van der Waals surface area contributed by atoms with Crippen molar-refractivity contribution in [2.24, 2.45) is 13.0 Å². The molecule has 0 bridgehead atoms. The molecule has 2 unspecified atom stereocenters. The van der Waals surface area contributed by atoms with E-state index in [9.17, 15) is 9.18 Å². The molecule has 1 amide bonds. The average Bonchev–Trinajstić information content (AvgIpc) is 3.25. The third kappa shape index (κ3) is 5.92. The van der Waals surface area contributed by atoms with E-state index in [0.717, 1.165) is 37.1 Å².